The van der Waals surface area contributed by atoms with E-state index in [1.165, 1.54) is 16.7 Å². The van der Waals surface area contributed by atoms with E-state index >= 15 is 0 Å². The van der Waals surface area contributed by atoms with Crippen molar-refractivity contribution < 1.29 is 0 Å². The van der Waals surface area contributed by atoms with Gasteiger partial charge < -0.3 is 4.57 Å². The molecule has 11 aromatic carbocycles. The van der Waals surface area contributed by atoms with Crippen molar-refractivity contribution in [3.05, 3.63) is 273 Å². The molecule has 14 rings (SSSR count). The van der Waals surface area contributed by atoms with Crippen LogP contribution in [-0.4, -0.2) is 24.1 Å². The maximum atomic E-state index is 5.52. The van der Waals surface area contributed by atoms with Crippen LogP contribution in [0.5, 0.6) is 0 Å². The summed E-state index contributed by atoms with van der Waals surface area (Å²) in [5.41, 5.74) is 18.6. The Morgan fingerprint density at radius 3 is 1.12 bits per heavy atom. The number of fused-ring (bicyclic) bond motifs is 7. The summed E-state index contributed by atoms with van der Waals surface area (Å²) >= 11 is 0. The van der Waals surface area contributed by atoms with E-state index in [-0.39, 0.29) is 0 Å². The molecule has 5 nitrogen and oxygen atoms in total. The Morgan fingerprint density at radius 1 is 0.230 bits per heavy atom. The second-order valence-corrected chi connectivity index (χ2v) is 18.8. The Hall–Kier alpha value is -9.97. The van der Waals surface area contributed by atoms with Crippen molar-refractivity contribution in [1.82, 2.24) is 24.1 Å². The van der Waals surface area contributed by atoms with Gasteiger partial charge in [-0.2, -0.15) is 9.97 Å². The van der Waals surface area contributed by atoms with Crippen LogP contribution in [0.4, 0.5) is 0 Å². The molecule has 0 saturated carbocycles. The van der Waals surface area contributed by atoms with E-state index in [0.29, 0.717) is 17.6 Å². The number of para-hydroxylation sites is 1. The van der Waals surface area contributed by atoms with E-state index in [9.17, 15) is 0 Å². The molecule has 0 atom stereocenters. The van der Waals surface area contributed by atoms with Gasteiger partial charge in [-0.1, -0.05) is 237 Å². The van der Waals surface area contributed by atoms with E-state index in [0.717, 1.165) is 99.4 Å². The maximum absolute atomic E-state index is 5.52. The molecule has 74 heavy (non-hydrogen) atoms. The summed E-state index contributed by atoms with van der Waals surface area (Å²) in [6.07, 6.45) is 0. The van der Waals surface area contributed by atoms with Crippen LogP contribution in [0.15, 0.2) is 273 Å². The molecule has 14 aromatic rings. The number of benzene rings is 11. The van der Waals surface area contributed by atoms with Gasteiger partial charge in [0.05, 0.1) is 27.8 Å². The molecule has 0 amide bonds. The van der Waals surface area contributed by atoms with Crippen LogP contribution < -0.4 is 0 Å². The van der Waals surface area contributed by atoms with Crippen LogP contribution in [0.1, 0.15) is 0 Å². The topological polar surface area (TPSA) is 48.5 Å². The number of hydrogen-bond acceptors (Lipinski definition) is 3. The largest absolute Gasteiger partial charge is 0.307 e. The SMILES string of the molecule is c1ccc(-c2cccc(-c3ccc(-c4nc(-c5ccccc5)nc(-n5c6ccc(-c7ccccc7)cc6c6ccc7c8cc(-c9ccccc9)ccc8n(-c8ccccc8-c8ccccc8)c7c65)n4)cc3)c2)cc1. The second kappa shape index (κ2) is 18.0. The van der Waals surface area contributed by atoms with Gasteiger partial charge in [0, 0.05) is 38.2 Å². The highest BCUT2D eigenvalue weighted by atomic mass is 15.2. The van der Waals surface area contributed by atoms with Crippen molar-refractivity contribution in [1.29, 1.82) is 0 Å². The van der Waals surface area contributed by atoms with Crippen molar-refractivity contribution in [3.8, 4) is 90.0 Å². The molecule has 0 aliphatic rings. The lowest BCUT2D eigenvalue weighted by atomic mass is 9.98. The molecule has 5 heteroatoms. The highest BCUT2D eigenvalue weighted by Crippen LogP contribution is 2.45. The molecule has 0 bridgehead atoms. The van der Waals surface area contributed by atoms with Gasteiger partial charge in [0.2, 0.25) is 5.95 Å². The van der Waals surface area contributed by atoms with Crippen LogP contribution >= 0.6 is 0 Å². The fourth-order valence-corrected chi connectivity index (χ4v) is 10.8. The van der Waals surface area contributed by atoms with Gasteiger partial charge in [0.15, 0.2) is 11.6 Å². The first kappa shape index (κ1) is 42.9. The minimum absolute atomic E-state index is 0.534. The van der Waals surface area contributed by atoms with Gasteiger partial charge in [0.1, 0.15) is 0 Å². The van der Waals surface area contributed by atoms with Crippen molar-refractivity contribution >= 4 is 43.6 Å². The summed E-state index contributed by atoms with van der Waals surface area (Å²) in [6.45, 7) is 0. The Morgan fingerprint density at radius 2 is 0.595 bits per heavy atom. The minimum Gasteiger partial charge on any atom is -0.307 e. The molecule has 0 aliphatic carbocycles. The summed E-state index contributed by atoms with van der Waals surface area (Å²) in [5.74, 6) is 1.71. The zero-order chi connectivity index (χ0) is 49.0. The third kappa shape index (κ3) is 7.46. The van der Waals surface area contributed by atoms with Crippen LogP contribution in [0, 0.1) is 0 Å². The summed E-state index contributed by atoms with van der Waals surface area (Å²) in [6, 6.07) is 97.2. The molecular weight excluding hydrogens is 899 g/mol. The van der Waals surface area contributed by atoms with Gasteiger partial charge in [-0.15, -0.1) is 0 Å². The molecule has 0 fully saturated rings. The summed E-state index contributed by atoms with van der Waals surface area (Å²) in [7, 11) is 0. The monoisotopic (exact) mass is 943 g/mol. The molecule has 0 N–H and O–H groups in total. The Kier molecular flexibility index (Phi) is 10.4. The minimum atomic E-state index is 0.534. The highest BCUT2D eigenvalue weighted by Gasteiger charge is 2.25. The fourth-order valence-electron chi connectivity index (χ4n) is 10.8. The van der Waals surface area contributed by atoms with E-state index in [1.54, 1.807) is 0 Å². The number of nitrogens with zero attached hydrogens (tertiary/aromatic N) is 5. The maximum Gasteiger partial charge on any atom is 0.238 e. The summed E-state index contributed by atoms with van der Waals surface area (Å²) in [5, 5.41) is 4.49. The zero-order valence-electron chi connectivity index (χ0n) is 40.2. The molecule has 0 aliphatic heterocycles. The fraction of sp³-hybridized carbons (Fsp3) is 0. The summed E-state index contributed by atoms with van der Waals surface area (Å²) < 4.78 is 4.77. The first-order valence-electron chi connectivity index (χ1n) is 25.1. The molecule has 3 aromatic heterocycles. The average molecular weight is 944 g/mol. The predicted octanol–water partition coefficient (Wildman–Crippen LogP) is 17.7. The number of rotatable bonds is 9. The molecular formula is C69H45N5. The quantitative estimate of drug-likeness (QED) is 0.145. The summed E-state index contributed by atoms with van der Waals surface area (Å²) in [4.78, 5) is 16.3. The lowest BCUT2D eigenvalue weighted by Gasteiger charge is -2.16. The smallest absolute Gasteiger partial charge is 0.238 e. The van der Waals surface area contributed by atoms with E-state index in [1.807, 2.05) is 18.2 Å². The second-order valence-electron chi connectivity index (χ2n) is 18.8. The zero-order valence-corrected chi connectivity index (χ0v) is 40.2. The van der Waals surface area contributed by atoms with Crippen molar-refractivity contribution in [2.45, 2.75) is 0 Å². The van der Waals surface area contributed by atoms with Crippen LogP contribution in [0.25, 0.3) is 134 Å². The van der Waals surface area contributed by atoms with E-state index in [4.69, 9.17) is 15.0 Å². The predicted molar refractivity (Wildman–Crippen MR) is 307 cm³/mol. The first-order chi connectivity index (χ1) is 36.7. The lowest BCUT2D eigenvalue weighted by molar-refractivity contribution is 0.953. The molecule has 346 valence electrons. The van der Waals surface area contributed by atoms with E-state index < -0.39 is 0 Å². The van der Waals surface area contributed by atoms with Crippen molar-refractivity contribution in [2.75, 3.05) is 0 Å². The van der Waals surface area contributed by atoms with Crippen molar-refractivity contribution in [3.63, 3.8) is 0 Å². The van der Waals surface area contributed by atoms with Crippen molar-refractivity contribution in [2.24, 2.45) is 0 Å². The van der Waals surface area contributed by atoms with Crippen LogP contribution in [-0.2, 0) is 0 Å². The first-order valence-corrected chi connectivity index (χ1v) is 25.1. The standard InChI is InChI=1S/C69H45N5/c1-6-19-46(20-7-1)53-29-18-30-54(43-53)49-33-35-52(36-34-49)68-70-67(51-27-14-5-15-28-51)71-69(72-68)74-64-42-38-56(48-23-10-3-11-24-48)45-61(64)59-40-39-58-60-44-55(47-21-8-2-9-22-47)37-41-63(60)73(65(58)66(59)74)62-32-17-16-31-57(62)50-25-12-4-13-26-50/h1-45H. The number of aromatic nitrogens is 5. The normalized spacial score (nSPS) is 11.5. The average Bonchev–Trinajstić information content (AvgIpc) is 4.00. The van der Waals surface area contributed by atoms with E-state index in [2.05, 4.69) is 264 Å². The molecule has 0 saturated heterocycles. The third-order valence-corrected chi connectivity index (χ3v) is 14.4. The molecule has 0 radical (unpaired) electrons. The molecule has 3 heterocycles. The Bertz CT molecular complexity index is 4370. The van der Waals surface area contributed by atoms with Crippen LogP contribution in [0.2, 0.25) is 0 Å². The highest BCUT2D eigenvalue weighted by molar-refractivity contribution is 6.24. The Labute approximate surface area is 428 Å². The lowest BCUT2D eigenvalue weighted by Crippen LogP contribution is -2.07. The van der Waals surface area contributed by atoms with Gasteiger partial charge in [-0.05, 0) is 86.5 Å². The van der Waals surface area contributed by atoms with Gasteiger partial charge in [-0.25, -0.2) is 4.98 Å². The van der Waals surface area contributed by atoms with Gasteiger partial charge in [0.25, 0.3) is 0 Å². The number of hydrogen-bond donors (Lipinski definition) is 0. The third-order valence-electron chi connectivity index (χ3n) is 14.4. The van der Waals surface area contributed by atoms with Gasteiger partial charge >= 0.3 is 0 Å². The molecule has 0 unspecified atom stereocenters. The van der Waals surface area contributed by atoms with Crippen LogP contribution in [0.3, 0.4) is 0 Å². The Balaban J connectivity index is 1.06. The van der Waals surface area contributed by atoms with Gasteiger partial charge in [-0.3, -0.25) is 4.57 Å². The molecule has 0 spiro atoms.